The Bertz CT molecular complexity index is 281. The molecule has 0 rings (SSSR count). The lowest BCUT2D eigenvalue weighted by atomic mass is 10.1. The van der Waals surface area contributed by atoms with Gasteiger partial charge in [-0.3, -0.25) is 4.18 Å². The van der Waals surface area contributed by atoms with Crippen LogP contribution in [0.1, 0.15) is 58.3 Å². The van der Waals surface area contributed by atoms with E-state index in [-0.39, 0.29) is 0 Å². The molecule has 3 nitrogen and oxygen atoms in total. The van der Waals surface area contributed by atoms with E-state index in [9.17, 15) is 8.42 Å². The third-order valence-electron chi connectivity index (χ3n) is 2.45. The molecule has 0 saturated heterocycles. The molecule has 0 N–H and O–H groups in total. The first-order valence-corrected chi connectivity index (χ1v) is 8.37. The first-order chi connectivity index (χ1) is 8.06. The molecule has 0 aliphatic carbocycles. The van der Waals surface area contributed by atoms with Gasteiger partial charge in [0.05, 0.1) is 12.9 Å². The lowest BCUT2D eigenvalue weighted by Crippen LogP contribution is -2.03. The van der Waals surface area contributed by atoms with Crippen molar-refractivity contribution in [1.82, 2.24) is 0 Å². The zero-order chi connectivity index (χ0) is 13.0. The molecule has 0 saturated carbocycles. The summed E-state index contributed by atoms with van der Waals surface area (Å²) in [5.41, 5.74) is 0. The number of unbranched alkanes of at least 4 members (excludes halogenated alkanes) is 6. The predicted octanol–water partition coefficient (Wildman–Crippen LogP) is 3.66. The highest BCUT2D eigenvalue weighted by molar-refractivity contribution is 7.85. The normalized spacial score (nSPS) is 12.4. The molecule has 0 aromatic rings. The summed E-state index contributed by atoms with van der Waals surface area (Å²) in [6, 6.07) is 0. The van der Waals surface area contributed by atoms with Crippen LogP contribution in [0, 0.1) is 0 Å². The molecule has 102 valence electrons. The Hall–Kier alpha value is -0.350. The van der Waals surface area contributed by atoms with Crippen molar-refractivity contribution in [3.63, 3.8) is 0 Å². The SMILES string of the molecule is CCCCCC=CCCCCCOS(C)(=O)=O. The average molecular weight is 262 g/mol. The fraction of sp³-hybridized carbons (Fsp3) is 0.846. The smallest absolute Gasteiger partial charge is 0.264 e. The molecule has 0 bridgehead atoms. The van der Waals surface area contributed by atoms with Gasteiger partial charge >= 0.3 is 0 Å². The molecular weight excluding hydrogens is 236 g/mol. The average Bonchev–Trinajstić information content (AvgIpc) is 2.24. The Morgan fingerprint density at radius 1 is 0.941 bits per heavy atom. The van der Waals surface area contributed by atoms with Gasteiger partial charge in [0.2, 0.25) is 0 Å². The molecule has 0 aliphatic heterocycles. The van der Waals surface area contributed by atoms with Gasteiger partial charge < -0.3 is 0 Å². The first kappa shape index (κ1) is 16.6. The Kier molecular flexibility index (Phi) is 10.6. The Morgan fingerprint density at radius 2 is 1.53 bits per heavy atom. The molecule has 0 amide bonds. The molecule has 0 radical (unpaired) electrons. The fourth-order valence-electron chi connectivity index (χ4n) is 1.50. The Morgan fingerprint density at radius 3 is 2.06 bits per heavy atom. The molecule has 4 heteroatoms. The summed E-state index contributed by atoms with van der Waals surface area (Å²) in [7, 11) is -3.25. The summed E-state index contributed by atoms with van der Waals surface area (Å²) in [5, 5.41) is 0. The number of hydrogen-bond acceptors (Lipinski definition) is 3. The lowest BCUT2D eigenvalue weighted by molar-refractivity contribution is 0.310. The molecule has 0 fully saturated rings. The maximum absolute atomic E-state index is 10.7. The van der Waals surface area contributed by atoms with Gasteiger partial charge in [-0.2, -0.15) is 8.42 Å². The first-order valence-electron chi connectivity index (χ1n) is 6.55. The number of allylic oxidation sites excluding steroid dienone is 2. The minimum Gasteiger partial charge on any atom is -0.270 e. The van der Waals surface area contributed by atoms with E-state index in [1.165, 1.54) is 25.7 Å². The molecule has 0 heterocycles. The van der Waals surface area contributed by atoms with E-state index in [1.54, 1.807) is 0 Å². The summed E-state index contributed by atoms with van der Waals surface area (Å²) in [6.45, 7) is 2.53. The topological polar surface area (TPSA) is 43.4 Å². The third kappa shape index (κ3) is 15.6. The van der Waals surface area contributed by atoms with Crippen LogP contribution in [0.15, 0.2) is 12.2 Å². The zero-order valence-corrected chi connectivity index (χ0v) is 12.0. The minimum atomic E-state index is -3.25. The van der Waals surface area contributed by atoms with Crippen molar-refractivity contribution in [1.29, 1.82) is 0 Å². The van der Waals surface area contributed by atoms with E-state index in [4.69, 9.17) is 0 Å². The van der Waals surface area contributed by atoms with Gasteiger partial charge in [-0.1, -0.05) is 38.3 Å². The second kappa shape index (κ2) is 10.8. The van der Waals surface area contributed by atoms with Crippen LogP contribution in [-0.4, -0.2) is 21.3 Å². The van der Waals surface area contributed by atoms with E-state index in [0.29, 0.717) is 6.61 Å². The lowest BCUT2D eigenvalue weighted by Gasteiger charge is -2.00. The van der Waals surface area contributed by atoms with Crippen LogP contribution in [0.4, 0.5) is 0 Å². The van der Waals surface area contributed by atoms with Crippen LogP contribution >= 0.6 is 0 Å². The Labute approximate surface area is 106 Å². The third-order valence-corrected chi connectivity index (χ3v) is 3.05. The summed E-state index contributed by atoms with van der Waals surface area (Å²) >= 11 is 0. The monoisotopic (exact) mass is 262 g/mol. The standard InChI is InChI=1S/C13H26O3S/c1-3-4-5-6-7-8-9-10-11-12-13-16-17(2,14)15/h7-8H,3-6,9-13H2,1-2H3. The van der Waals surface area contributed by atoms with Gasteiger partial charge in [0.15, 0.2) is 0 Å². The van der Waals surface area contributed by atoms with Gasteiger partial charge in [0, 0.05) is 0 Å². The van der Waals surface area contributed by atoms with Crippen molar-refractivity contribution < 1.29 is 12.6 Å². The molecule has 0 unspecified atom stereocenters. The van der Waals surface area contributed by atoms with Crippen LogP contribution < -0.4 is 0 Å². The molecule has 0 aromatic carbocycles. The van der Waals surface area contributed by atoms with Gasteiger partial charge in [0.1, 0.15) is 0 Å². The van der Waals surface area contributed by atoms with E-state index < -0.39 is 10.1 Å². The molecular formula is C13H26O3S. The van der Waals surface area contributed by atoms with Crippen molar-refractivity contribution in [3.05, 3.63) is 12.2 Å². The van der Waals surface area contributed by atoms with Crippen molar-refractivity contribution in [2.45, 2.75) is 58.3 Å². The second-order valence-corrected chi connectivity index (χ2v) is 5.99. The van der Waals surface area contributed by atoms with E-state index in [0.717, 1.165) is 31.9 Å². The highest BCUT2D eigenvalue weighted by Gasteiger charge is 1.99. The molecule has 0 aliphatic rings. The van der Waals surface area contributed by atoms with Gasteiger partial charge in [-0.05, 0) is 32.1 Å². The van der Waals surface area contributed by atoms with Gasteiger partial charge in [-0.25, -0.2) is 0 Å². The second-order valence-electron chi connectivity index (χ2n) is 4.34. The van der Waals surface area contributed by atoms with Crippen molar-refractivity contribution in [2.75, 3.05) is 12.9 Å². The Balaban J connectivity index is 3.18. The largest absolute Gasteiger partial charge is 0.270 e. The summed E-state index contributed by atoms with van der Waals surface area (Å²) in [4.78, 5) is 0. The number of rotatable bonds is 11. The zero-order valence-electron chi connectivity index (χ0n) is 11.2. The van der Waals surface area contributed by atoms with Gasteiger partial charge in [0.25, 0.3) is 10.1 Å². The van der Waals surface area contributed by atoms with Crippen LogP contribution in [-0.2, 0) is 14.3 Å². The molecule has 0 aromatic heterocycles. The van der Waals surface area contributed by atoms with E-state index >= 15 is 0 Å². The number of hydrogen-bond donors (Lipinski definition) is 0. The summed E-state index contributed by atoms with van der Waals surface area (Å²) < 4.78 is 26.0. The van der Waals surface area contributed by atoms with Crippen LogP contribution in [0.2, 0.25) is 0 Å². The maximum atomic E-state index is 10.7. The molecule has 0 spiro atoms. The minimum absolute atomic E-state index is 0.318. The highest BCUT2D eigenvalue weighted by Crippen LogP contribution is 2.04. The van der Waals surface area contributed by atoms with Crippen molar-refractivity contribution in [3.8, 4) is 0 Å². The highest BCUT2D eigenvalue weighted by atomic mass is 32.2. The molecule has 17 heavy (non-hydrogen) atoms. The van der Waals surface area contributed by atoms with E-state index in [2.05, 4.69) is 23.3 Å². The maximum Gasteiger partial charge on any atom is 0.264 e. The summed E-state index contributed by atoms with van der Waals surface area (Å²) in [6.07, 6.45) is 14.7. The predicted molar refractivity (Wildman–Crippen MR) is 72.5 cm³/mol. The van der Waals surface area contributed by atoms with Crippen LogP contribution in [0.25, 0.3) is 0 Å². The van der Waals surface area contributed by atoms with Gasteiger partial charge in [-0.15, -0.1) is 0 Å². The quantitative estimate of drug-likeness (QED) is 0.324. The van der Waals surface area contributed by atoms with Crippen LogP contribution in [0.5, 0.6) is 0 Å². The summed E-state index contributed by atoms with van der Waals surface area (Å²) in [5.74, 6) is 0. The molecule has 0 atom stereocenters. The van der Waals surface area contributed by atoms with Crippen LogP contribution in [0.3, 0.4) is 0 Å². The fourth-order valence-corrected chi connectivity index (χ4v) is 1.92. The van der Waals surface area contributed by atoms with E-state index in [1.807, 2.05) is 0 Å². The van der Waals surface area contributed by atoms with Crippen molar-refractivity contribution >= 4 is 10.1 Å². The van der Waals surface area contributed by atoms with Crippen molar-refractivity contribution in [2.24, 2.45) is 0 Å².